The molecule has 3 aromatic rings. The van der Waals surface area contributed by atoms with Crippen molar-refractivity contribution in [2.75, 3.05) is 34.8 Å². The molecule has 0 aliphatic carbocycles. The van der Waals surface area contributed by atoms with Crippen molar-refractivity contribution in [1.82, 2.24) is 9.78 Å². The second kappa shape index (κ2) is 8.71. The number of carbonyl (C=O) groups excluding carboxylic acids is 1. The van der Waals surface area contributed by atoms with Gasteiger partial charge in [-0.1, -0.05) is 29.8 Å². The van der Waals surface area contributed by atoms with Crippen LogP contribution in [0.2, 0.25) is 5.02 Å². The number of hydrogen-bond acceptors (Lipinski definition) is 4. The number of halogens is 1. The minimum atomic E-state index is -0.0919. The summed E-state index contributed by atoms with van der Waals surface area (Å²) in [6.45, 7) is 2.00. The van der Waals surface area contributed by atoms with Crippen LogP contribution in [0.3, 0.4) is 0 Å². The molecule has 4 rings (SSSR count). The second-order valence-corrected chi connectivity index (χ2v) is 8.25. The van der Waals surface area contributed by atoms with E-state index in [0.29, 0.717) is 10.7 Å². The topological polar surface area (TPSA) is 50.2 Å². The summed E-state index contributed by atoms with van der Waals surface area (Å²) in [4.78, 5) is 14.7. The van der Waals surface area contributed by atoms with Crippen LogP contribution in [0.1, 0.15) is 5.56 Å². The normalized spacial score (nSPS) is 14.1. The number of rotatable bonds is 5. The summed E-state index contributed by atoms with van der Waals surface area (Å²) < 4.78 is 1.77. The zero-order chi connectivity index (χ0) is 19.3. The highest BCUT2D eigenvalue weighted by Crippen LogP contribution is 2.30. The average Bonchev–Trinajstić information content (AvgIpc) is 3.18. The van der Waals surface area contributed by atoms with E-state index in [-0.39, 0.29) is 12.3 Å². The number of carbonyl (C=O) groups is 1. The van der Waals surface area contributed by atoms with Crippen molar-refractivity contribution in [3.63, 3.8) is 0 Å². The van der Waals surface area contributed by atoms with Crippen LogP contribution in [0.25, 0.3) is 5.69 Å². The summed E-state index contributed by atoms with van der Waals surface area (Å²) in [6, 6.07) is 15.5. The van der Waals surface area contributed by atoms with Gasteiger partial charge in [-0.25, -0.2) is 4.68 Å². The Morgan fingerprint density at radius 3 is 2.68 bits per heavy atom. The van der Waals surface area contributed by atoms with Gasteiger partial charge >= 0.3 is 0 Å². The van der Waals surface area contributed by atoms with E-state index in [4.69, 9.17) is 11.6 Å². The molecule has 144 valence electrons. The summed E-state index contributed by atoms with van der Waals surface area (Å²) in [5, 5.41) is 7.93. The Kier molecular flexibility index (Phi) is 5.88. The van der Waals surface area contributed by atoms with E-state index in [1.807, 2.05) is 66.5 Å². The third-order valence-electron chi connectivity index (χ3n) is 4.60. The van der Waals surface area contributed by atoms with Crippen LogP contribution in [0.4, 0.5) is 11.4 Å². The van der Waals surface area contributed by atoms with Crippen LogP contribution < -0.4 is 10.2 Å². The zero-order valence-corrected chi connectivity index (χ0v) is 16.9. The Bertz CT molecular complexity index is 954. The monoisotopic (exact) mass is 412 g/mol. The Morgan fingerprint density at radius 2 is 1.93 bits per heavy atom. The smallest absolute Gasteiger partial charge is 0.228 e. The van der Waals surface area contributed by atoms with Gasteiger partial charge < -0.3 is 10.2 Å². The molecule has 2 heterocycles. The van der Waals surface area contributed by atoms with E-state index in [1.54, 1.807) is 10.9 Å². The van der Waals surface area contributed by atoms with E-state index in [0.717, 1.165) is 41.5 Å². The highest BCUT2D eigenvalue weighted by molar-refractivity contribution is 7.99. The average molecular weight is 413 g/mol. The van der Waals surface area contributed by atoms with Crippen LogP contribution in [-0.2, 0) is 11.2 Å². The predicted octanol–water partition coefficient (Wildman–Crippen LogP) is 4.26. The van der Waals surface area contributed by atoms with E-state index in [9.17, 15) is 4.79 Å². The van der Waals surface area contributed by atoms with Gasteiger partial charge in [0, 0.05) is 36.5 Å². The molecule has 0 atom stereocenters. The van der Waals surface area contributed by atoms with Crippen LogP contribution >= 0.6 is 23.4 Å². The summed E-state index contributed by atoms with van der Waals surface area (Å²) in [5.41, 5.74) is 3.56. The Morgan fingerprint density at radius 1 is 1.14 bits per heavy atom. The lowest BCUT2D eigenvalue weighted by Gasteiger charge is -2.29. The number of anilines is 2. The molecule has 2 aromatic carbocycles. The fourth-order valence-corrected chi connectivity index (χ4v) is 4.41. The van der Waals surface area contributed by atoms with Crippen molar-refractivity contribution in [2.45, 2.75) is 6.42 Å². The van der Waals surface area contributed by atoms with E-state index < -0.39 is 0 Å². The molecule has 1 amide bonds. The molecular formula is C21H21ClN4OS. The van der Waals surface area contributed by atoms with E-state index >= 15 is 0 Å². The molecule has 1 fully saturated rings. The SMILES string of the molecule is O=C(Cc1cnn(-c2ccccc2)c1)Nc1ccc(N2CCSCC2)c(Cl)c1. The lowest BCUT2D eigenvalue weighted by molar-refractivity contribution is -0.115. The van der Waals surface area contributed by atoms with Crippen molar-refractivity contribution >= 4 is 40.6 Å². The quantitative estimate of drug-likeness (QED) is 0.680. The first kappa shape index (κ1) is 18.9. The molecule has 1 saturated heterocycles. The molecular weight excluding hydrogens is 392 g/mol. The van der Waals surface area contributed by atoms with Crippen molar-refractivity contribution < 1.29 is 4.79 Å². The summed E-state index contributed by atoms with van der Waals surface area (Å²) in [7, 11) is 0. The number of benzene rings is 2. The van der Waals surface area contributed by atoms with Gasteiger partial charge in [0.1, 0.15) is 0 Å². The highest BCUT2D eigenvalue weighted by atomic mass is 35.5. The number of nitrogens with one attached hydrogen (secondary N) is 1. The highest BCUT2D eigenvalue weighted by Gasteiger charge is 2.15. The van der Waals surface area contributed by atoms with Crippen LogP contribution in [-0.4, -0.2) is 40.3 Å². The molecule has 1 aromatic heterocycles. The van der Waals surface area contributed by atoms with Crippen LogP contribution in [0, 0.1) is 0 Å². The Balaban J connectivity index is 1.39. The molecule has 7 heteroatoms. The fourth-order valence-electron chi connectivity index (χ4n) is 3.21. The first-order chi connectivity index (χ1) is 13.7. The van der Waals surface area contributed by atoms with E-state index in [1.165, 1.54) is 0 Å². The van der Waals surface area contributed by atoms with Crippen LogP contribution in [0.5, 0.6) is 0 Å². The minimum absolute atomic E-state index is 0.0919. The number of para-hydroxylation sites is 1. The largest absolute Gasteiger partial charge is 0.369 e. The van der Waals surface area contributed by atoms with Gasteiger partial charge in [0.2, 0.25) is 5.91 Å². The van der Waals surface area contributed by atoms with Crippen LogP contribution in [0.15, 0.2) is 60.9 Å². The summed E-state index contributed by atoms with van der Waals surface area (Å²) in [6.07, 6.45) is 3.85. The molecule has 5 nitrogen and oxygen atoms in total. The maximum atomic E-state index is 12.4. The summed E-state index contributed by atoms with van der Waals surface area (Å²) >= 11 is 8.43. The van der Waals surface area contributed by atoms with Gasteiger partial charge in [0.05, 0.1) is 29.0 Å². The maximum absolute atomic E-state index is 12.4. The second-order valence-electron chi connectivity index (χ2n) is 6.62. The molecule has 1 aliphatic heterocycles. The van der Waals surface area contributed by atoms with Crippen molar-refractivity contribution in [2.24, 2.45) is 0 Å². The first-order valence-corrected chi connectivity index (χ1v) is 10.7. The van der Waals surface area contributed by atoms with Gasteiger partial charge in [0.15, 0.2) is 0 Å². The van der Waals surface area contributed by atoms with Gasteiger partial charge in [-0.3, -0.25) is 4.79 Å². The number of thioether (sulfide) groups is 1. The number of nitrogens with zero attached hydrogens (tertiary/aromatic N) is 3. The predicted molar refractivity (Wildman–Crippen MR) is 117 cm³/mol. The number of aromatic nitrogens is 2. The molecule has 0 radical (unpaired) electrons. The Labute approximate surface area is 173 Å². The lowest BCUT2D eigenvalue weighted by Crippen LogP contribution is -2.32. The molecule has 0 spiro atoms. The van der Waals surface area contributed by atoms with Crippen molar-refractivity contribution in [3.8, 4) is 5.69 Å². The first-order valence-electron chi connectivity index (χ1n) is 9.20. The zero-order valence-electron chi connectivity index (χ0n) is 15.3. The van der Waals surface area contributed by atoms with Crippen molar-refractivity contribution in [1.29, 1.82) is 0 Å². The van der Waals surface area contributed by atoms with Gasteiger partial charge in [-0.05, 0) is 35.9 Å². The third kappa shape index (κ3) is 4.51. The molecule has 28 heavy (non-hydrogen) atoms. The lowest BCUT2D eigenvalue weighted by atomic mass is 10.2. The maximum Gasteiger partial charge on any atom is 0.228 e. The molecule has 1 N–H and O–H groups in total. The van der Waals surface area contributed by atoms with E-state index in [2.05, 4.69) is 15.3 Å². The van der Waals surface area contributed by atoms with Gasteiger partial charge in [-0.2, -0.15) is 16.9 Å². The van der Waals surface area contributed by atoms with Gasteiger partial charge in [-0.15, -0.1) is 0 Å². The third-order valence-corrected chi connectivity index (χ3v) is 5.85. The fraction of sp³-hybridized carbons (Fsp3) is 0.238. The van der Waals surface area contributed by atoms with Crippen molar-refractivity contribution in [3.05, 3.63) is 71.5 Å². The minimum Gasteiger partial charge on any atom is -0.369 e. The molecule has 0 saturated carbocycles. The number of amides is 1. The van der Waals surface area contributed by atoms with Gasteiger partial charge in [0.25, 0.3) is 0 Å². The standard InChI is InChI=1S/C21H21ClN4OS/c22-19-13-17(6-7-20(19)25-8-10-28-11-9-25)24-21(27)12-16-14-23-26(15-16)18-4-2-1-3-5-18/h1-7,13-15H,8-12H2,(H,24,27). The Hall–Kier alpha value is -2.44. The summed E-state index contributed by atoms with van der Waals surface area (Å²) in [5.74, 6) is 2.14. The molecule has 0 unspecified atom stereocenters. The number of hydrogen-bond donors (Lipinski definition) is 1. The molecule has 0 bridgehead atoms. The molecule has 1 aliphatic rings.